The van der Waals surface area contributed by atoms with Crippen molar-refractivity contribution < 1.29 is 17.6 Å². The lowest BCUT2D eigenvalue weighted by Crippen LogP contribution is -2.50. The van der Waals surface area contributed by atoms with Crippen molar-refractivity contribution in [2.75, 3.05) is 43.4 Å². The molecule has 178 valence electrons. The van der Waals surface area contributed by atoms with Gasteiger partial charge in [-0.25, -0.2) is 12.8 Å². The predicted octanol–water partition coefficient (Wildman–Crippen LogP) is 3.56. The van der Waals surface area contributed by atoms with Crippen molar-refractivity contribution in [2.24, 2.45) is 0 Å². The maximum Gasteiger partial charge on any atom is 0.230 e. The number of nitrogens with one attached hydrogen (secondary N) is 1. The Hall–Kier alpha value is -2.16. The first kappa shape index (κ1) is 24.0. The summed E-state index contributed by atoms with van der Waals surface area (Å²) < 4.78 is 40.3. The molecule has 0 atom stereocenters. The van der Waals surface area contributed by atoms with Gasteiger partial charge in [0.15, 0.2) is 0 Å². The van der Waals surface area contributed by atoms with E-state index < -0.39 is 15.4 Å². The van der Waals surface area contributed by atoms with E-state index in [4.69, 9.17) is 11.6 Å². The molecule has 33 heavy (non-hydrogen) atoms. The monoisotopic (exact) mass is 493 g/mol. The van der Waals surface area contributed by atoms with E-state index in [0.29, 0.717) is 31.2 Å². The van der Waals surface area contributed by atoms with Crippen molar-refractivity contribution in [3.8, 4) is 0 Å². The zero-order chi connectivity index (χ0) is 23.5. The average Bonchev–Trinajstić information content (AvgIpc) is 3.31. The number of carbonyl (C=O) groups is 1. The topological polar surface area (TPSA) is 69.7 Å². The summed E-state index contributed by atoms with van der Waals surface area (Å²) in [7, 11) is -3.49. The first-order chi connectivity index (χ1) is 15.8. The van der Waals surface area contributed by atoms with Crippen LogP contribution < -0.4 is 10.2 Å². The lowest BCUT2D eigenvalue weighted by molar-refractivity contribution is -0.126. The van der Waals surface area contributed by atoms with Crippen LogP contribution in [0.2, 0.25) is 5.02 Å². The molecular formula is C24H29ClFN3O3S. The van der Waals surface area contributed by atoms with Crippen LogP contribution in [-0.4, -0.2) is 57.1 Å². The van der Waals surface area contributed by atoms with Crippen LogP contribution in [0.4, 0.5) is 10.1 Å². The Balaban J connectivity index is 1.31. The van der Waals surface area contributed by atoms with Crippen molar-refractivity contribution in [1.82, 2.24) is 9.62 Å². The number of anilines is 1. The van der Waals surface area contributed by atoms with Crippen molar-refractivity contribution in [1.29, 1.82) is 0 Å². The van der Waals surface area contributed by atoms with Crippen LogP contribution in [0.15, 0.2) is 48.5 Å². The second-order valence-corrected chi connectivity index (χ2v) is 11.3. The molecule has 0 unspecified atom stereocenters. The standard InChI is InChI=1S/C24H29ClFN3O3S/c25-20-5-3-19(4-6-20)24(11-1-2-12-24)23(30)27-13-18-33(31,32)29-16-14-28(15-17-29)22-9-7-21(26)8-10-22/h3-10H,1-2,11-18H2,(H,27,30). The van der Waals surface area contributed by atoms with Gasteiger partial charge in [-0.15, -0.1) is 0 Å². The van der Waals surface area contributed by atoms with Gasteiger partial charge in [0, 0.05) is 43.4 Å². The zero-order valence-corrected chi connectivity index (χ0v) is 20.0. The summed E-state index contributed by atoms with van der Waals surface area (Å²) in [5.41, 5.74) is 1.20. The number of carbonyl (C=O) groups excluding carboxylic acids is 1. The number of amides is 1. The van der Waals surface area contributed by atoms with Gasteiger partial charge in [0.05, 0.1) is 11.2 Å². The Morgan fingerprint density at radius 2 is 1.58 bits per heavy atom. The van der Waals surface area contributed by atoms with Crippen LogP contribution in [0.25, 0.3) is 0 Å². The van der Waals surface area contributed by atoms with Crippen LogP contribution in [-0.2, 0) is 20.2 Å². The first-order valence-electron chi connectivity index (χ1n) is 11.3. The maximum atomic E-state index is 13.2. The molecule has 1 amide bonds. The molecule has 0 aromatic heterocycles. The number of sulfonamides is 1. The van der Waals surface area contributed by atoms with Gasteiger partial charge in [-0.1, -0.05) is 36.6 Å². The second kappa shape index (κ2) is 9.99. The Labute approximate surface area is 199 Å². The van der Waals surface area contributed by atoms with Crippen molar-refractivity contribution in [2.45, 2.75) is 31.1 Å². The molecule has 4 rings (SSSR count). The van der Waals surface area contributed by atoms with Gasteiger partial charge in [0.2, 0.25) is 15.9 Å². The van der Waals surface area contributed by atoms with Crippen LogP contribution in [0.3, 0.4) is 0 Å². The molecule has 1 N–H and O–H groups in total. The summed E-state index contributed by atoms with van der Waals surface area (Å²) in [6.07, 6.45) is 3.43. The van der Waals surface area contributed by atoms with E-state index in [2.05, 4.69) is 5.32 Å². The van der Waals surface area contributed by atoms with E-state index >= 15 is 0 Å². The van der Waals surface area contributed by atoms with Crippen molar-refractivity contribution >= 4 is 33.2 Å². The molecule has 2 aromatic rings. The van der Waals surface area contributed by atoms with Crippen LogP contribution in [0.1, 0.15) is 31.2 Å². The van der Waals surface area contributed by atoms with Gasteiger partial charge in [-0.3, -0.25) is 4.79 Å². The molecule has 1 saturated carbocycles. The summed E-state index contributed by atoms with van der Waals surface area (Å²) >= 11 is 6.01. The molecule has 2 aliphatic rings. The Kier molecular flexibility index (Phi) is 7.26. The van der Waals surface area contributed by atoms with Gasteiger partial charge in [-0.05, 0) is 54.8 Å². The van der Waals surface area contributed by atoms with Gasteiger partial charge in [-0.2, -0.15) is 4.31 Å². The minimum absolute atomic E-state index is 0.0781. The second-order valence-electron chi connectivity index (χ2n) is 8.73. The molecule has 1 saturated heterocycles. The normalized spacial score (nSPS) is 18.9. The fourth-order valence-corrected chi connectivity index (χ4v) is 6.33. The van der Waals surface area contributed by atoms with Crippen LogP contribution >= 0.6 is 11.6 Å². The van der Waals surface area contributed by atoms with E-state index in [9.17, 15) is 17.6 Å². The fourth-order valence-electron chi connectivity index (χ4n) is 4.86. The number of halogens is 2. The Morgan fingerprint density at radius 1 is 0.970 bits per heavy atom. The van der Waals surface area contributed by atoms with Crippen LogP contribution in [0, 0.1) is 5.82 Å². The molecule has 1 aliphatic heterocycles. The lowest BCUT2D eigenvalue weighted by Gasteiger charge is -2.35. The first-order valence-corrected chi connectivity index (χ1v) is 13.3. The molecule has 6 nitrogen and oxygen atoms in total. The van der Waals surface area contributed by atoms with E-state index in [-0.39, 0.29) is 24.0 Å². The predicted molar refractivity (Wildman–Crippen MR) is 129 cm³/mol. The number of rotatable bonds is 7. The lowest BCUT2D eigenvalue weighted by atomic mass is 9.78. The number of hydrogen-bond donors (Lipinski definition) is 1. The quantitative estimate of drug-likeness (QED) is 0.640. The highest BCUT2D eigenvalue weighted by molar-refractivity contribution is 7.89. The number of nitrogens with zero attached hydrogens (tertiary/aromatic N) is 2. The highest BCUT2D eigenvalue weighted by Crippen LogP contribution is 2.41. The maximum absolute atomic E-state index is 13.2. The summed E-state index contributed by atoms with van der Waals surface area (Å²) in [6.45, 7) is 1.88. The SMILES string of the molecule is O=C(NCCS(=O)(=O)N1CCN(c2ccc(F)cc2)CC1)C1(c2ccc(Cl)cc2)CCCC1. The minimum atomic E-state index is -3.49. The highest BCUT2D eigenvalue weighted by Gasteiger charge is 2.42. The highest BCUT2D eigenvalue weighted by atomic mass is 35.5. The number of hydrogen-bond acceptors (Lipinski definition) is 4. The summed E-state index contributed by atoms with van der Waals surface area (Å²) in [5, 5.41) is 3.51. The molecule has 9 heteroatoms. The third-order valence-corrected chi connectivity index (χ3v) is 8.88. The molecular weight excluding hydrogens is 465 g/mol. The average molecular weight is 494 g/mol. The third-order valence-electron chi connectivity index (χ3n) is 6.76. The molecule has 0 radical (unpaired) electrons. The largest absolute Gasteiger partial charge is 0.369 e. The summed E-state index contributed by atoms with van der Waals surface area (Å²) in [4.78, 5) is 15.2. The van der Waals surface area contributed by atoms with E-state index in [1.54, 1.807) is 24.3 Å². The van der Waals surface area contributed by atoms with Gasteiger partial charge >= 0.3 is 0 Å². The summed E-state index contributed by atoms with van der Waals surface area (Å²) in [5.74, 6) is -0.539. The van der Waals surface area contributed by atoms with E-state index in [1.807, 2.05) is 17.0 Å². The number of piperazine rings is 1. The van der Waals surface area contributed by atoms with E-state index in [1.165, 1.54) is 16.4 Å². The molecule has 1 aliphatic carbocycles. The molecule has 2 fully saturated rings. The zero-order valence-electron chi connectivity index (χ0n) is 18.5. The molecule has 1 heterocycles. The molecule has 0 spiro atoms. The van der Waals surface area contributed by atoms with Crippen molar-refractivity contribution in [3.05, 3.63) is 64.9 Å². The molecule has 0 bridgehead atoms. The summed E-state index contributed by atoms with van der Waals surface area (Å²) in [6, 6.07) is 13.6. The van der Waals surface area contributed by atoms with Crippen molar-refractivity contribution in [3.63, 3.8) is 0 Å². The van der Waals surface area contributed by atoms with E-state index in [0.717, 1.165) is 36.9 Å². The number of benzene rings is 2. The third kappa shape index (κ3) is 5.34. The van der Waals surface area contributed by atoms with Crippen LogP contribution in [0.5, 0.6) is 0 Å². The van der Waals surface area contributed by atoms with Gasteiger partial charge in [0.25, 0.3) is 0 Å². The Morgan fingerprint density at radius 3 is 2.18 bits per heavy atom. The Bertz CT molecular complexity index is 1060. The molecule has 2 aromatic carbocycles. The minimum Gasteiger partial charge on any atom is -0.369 e. The van der Waals surface area contributed by atoms with Gasteiger partial charge < -0.3 is 10.2 Å². The van der Waals surface area contributed by atoms with Gasteiger partial charge in [0.1, 0.15) is 5.82 Å². The smallest absolute Gasteiger partial charge is 0.230 e. The fraction of sp³-hybridized carbons (Fsp3) is 0.458.